The molecule has 3 aromatic rings. The van der Waals surface area contributed by atoms with Gasteiger partial charge < -0.3 is 15.1 Å². The number of anilines is 2. The molecule has 2 N–H and O–H groups in total. The minimum Gasteiger partial charge on any atom is -0.467 e. The number of rotatable bonds is 7. The lowest BCUT2D eigenvalue weighted by Crippen LogP contribution is -2.22. The molecular formula is C17H17FN4O2S2. The minimum atomic E-state index is -0.398. The first kappa shape index (κ1) is 18.4. The maximum atomic E-state index is 13.6. The van der Waals surface area contributed by atoms with E-state index in [2.05, 4.69) is 20.8 Å². The molecule has 6 nitrogen and oxygen atoms in total. The van der Waals surface area contributed by atoms with Crippen molar-refractivity contribution in [3.63, 3.8) is 0 Å². The molecule has 0 aliphatic carbocycles. The summed E-state index contributed by atoms with van der Waals surface area (Å²) in [5.41, 5.74) is 0.970. The second kappa shape index (κ2) is 8.33. The number of amides is 1. The van der Waals surface area contributed by atoms with E-state index in [0.29, 0.717) is 27.3 Å². The molecule has 0 bridgehead atoms. The first-order valence-electron chi connectivity index (χ1n) is 7.84. The molecule has 9 heteroatoms. The Morgan fingerprint density at radius 1 is 1.38 bits per heavy atom. The van der Waals surface area contributed by atoms with E-state index < -0.39 is 5.25 Å². The Bertz CT molecular complexity index is 883. The number of hydrogen-bond acceptors (Lipinski definition) is 7. The second-order valence-electron chi connectivity index (χ2n) is 5.52. The lowest BCUT2D eigenvalue weighted by atomic mass is 10.2. The summed E-state index contributed by atoms with van der Waals surface area (Å²) in [6, 6.07) is 8.30. The molecule has 0 aliphatic heterocycles. The molecule has 2 heterocycles. The molecular weight excluding hydrogens is 375 g/mol. The first-order valence-corrected chi connectivity index (χ1v) is 9.54. The molecule has 0 fully saturated rings. The molecule has 1 atom stereocenters. The third kappa shape index (κ3) is 4.83. The Labute approximate surface area is 158 Å². The zero-order valence-electron chi connectivity index (χ0n) is 14.2. The van der Waals surface area contributed by atoms with Crippen molar-refractivity contribution in [2.24, 2.45) is 0 Å². The zero-order valence-corrected chi connectivity index (χ0v) is 15.8. The molecule has 2 aromatic heterocycles. The summed E-state index contributed by atoms with van der Waals surface area (Å²) in [6.07, 6.45) is 1.61. The molecule has 1 unspecified atom stereocenters. The number of benzene rings is 1. The SMILES string of the molecule is Cc1ccc(NC(=O)C(C)Sc2nnc(NCc3ccco3)s2)cc1F. The van der Waals surface area contributed by atoms with Crippen molar-refractivity contribution in [2.45, 2.75) is 30.0 Å². The number of thioether (sulfide) groups is 1. The van der Waals surface area contributed by atoms with Gasteiger partial charge in [-0.05, 0) is 43.7 Å². The van der Waals surface area contributed by atoms with Gasteiger partial charge in [-0.15, -0.1) is 10.2 Å². The highest BCUT2D eigenvalue weighted by atomic mass is 32.2. The van der Waals surface area contributed by atoms with Gasteiger partial charge in [-0.25, -0.2) is 4.39 Å². The van der Waals surface area contributed by atoms with Crippen LogP contribution in [0.15, 0.2) is 45.4 Å². The topological polar surface area (TPSA) is 80.0 Å². The smallest absolute Gasteiger partial charge is 0.237 e. The van der Waals surface area contributed by atoms with E-state index in [1.54, 1.807) is 32.2 Å². The van der Waals surface area contributed by atoms with Gasteiger partial charge in [-0.1, -0.05) is 29.2 Å². The fourth-order valence-corrected chi connectivity index (χ4v) is 3.92. The van der Waals surface area contributed by atoms with Gasteiger partial charge in [0, 0.05) is 5.69 Å². The van der Waals surface area contributed by atoms with E-state index in [0.717, 1.165) is 5.76 Å². The third-order valence-corrected chi connectivity index (χ3v) is 5.55. The second-order valence-corrected chi connectivity index (χ2v) is 8.08. The van der Waals surface area contributed by atoms with Crippen LogP contribution in [0.1, 0.15) is 18.2 Å². The number of hydrogen-bond donors (Lipinski definition) is 2. The van der Waals surface area contributed by atoms with E-state index in [9.17, 15) is 9.18 Å². The van der Waals surface area contributed by atoms with Crippen LogP contribution in [0.3, 0.4) is 0 Å². The quantitative estimate of drug-likeness (QED) is 0.583. The van der Waals surface area contributed by atoms with Crippen LogP contribution in [0.2, 0.25) is 0 Å². The van der Waals surface area contributed by atoms with Gasteiger partial charge in [0.2, 0.25) is 11.0 Å². The Morgan fingerprint density at radius 3 is 2.96 bits per heavy atom. The number of halogens is 1. The molecule has 0 saturated carbocycles. The normalized spacial score (nSPS) is 12.0. The van der Waals surface area contributed by atoms with Crippen LogP contribution >= 0.6 is 23.1 Å². The van der Waals surface area contributed by atoms with Gasteiger partial charge in [0.25, 0.3) is 0 Å². The van der Waals surface area contributed by atoms with Crippen LogP contribution in [0.4, 0.5) is 15.2 Å². The maximum Gasteiger partial charge on any atom is 0.237 e. The van der Waals surface area contributed by atoms with Crippen molar-refractivity contribution >= 4 is 39.8 Å². The predicted octanol–water partition coefficient (Wildman–Crippen LogP) is 4.31. The summed E-state index contributed by atoms with van der Waals surface area (Å²) in [4.78, 5) is 12.3. The fraction of sp³-hybridized carbons (Fsp3) is 0.235. The largest absolute Gasteiger partial charge is 0.467 e. The summed E-state index contributed by atoms with van der Waals surface area (Å²) < 4.78 is 19.5. The molecule has 1 aromatic carbocycles. The number of carbonyl (C=O) groups is 1. The first-order chi connectivity index (χ1) is 12.5. The van der Waals surface area contributed by atoms with Gasteiger partial charge in [-0.2, -0.15) is 0 Å². The van der Waals surface area contributed by atoms with Gasteiger partial charge in [0.1, 0.15) is 11.6 Å². The van der Waals surface area contributed by atoms with E-state index in [-0.39, 0.29) is 11.7 Å². The van der Waals surface area contributed by atoms with Crippen LogP contribution in [0.25, 0.3) is 0 Å². The molecule has 0 saturated heterocycles. The number of nitrogens with one attached hydrogen (secondary N) is 2. The Kier molecular flexibility index (Phi) is 5.89. The summed E-state index contributed by atoms with van der Waals surface area (Å²) >= 11 is 2.66. The van der Waals surface area contributed by atoms with Gasteiger partial charge in [0.05, 0.1) is 18.1 Å². The third-order valence-electron chi connectivity index (χ3n) is 3.49. The van der Waals surface area contributed by atoms with E-state index in [1.165, 1.54) is 29.2 Å². The summed E-state index contributed by atoms with van der Waals surface area (Å²) in [5, 5.41) is 14.2. The standard InChI is InChI=1S/C17H17FN4O2S2/c1-10-5-6-12(8-14(10)18)20-15(23)11(2)25-17-22-21-16(26-17)19-9-13-4-3-7-24-13/h3-8,11H,9H2,1-2H3,(H,19,21)(H,20,23). The molecule has 0 radical (unpaired) electrons. The Morgan fingerprint density at radius 2 is 2.23 bits per heavy atom. The van der Waals surface area contributed by atoms with Crippen LogP contribution in [0, 0.1) is 12.7 Å². The highest BCUT2D eigenvalue weighted by Gasteiger charge is 2.18. The summed E-state index contributed by atoms with van der Waals surface area (Å²) in [5.74, 6) is 0.227. The lowest BCUT2D eigenvalue weighted by molar-refractivity contribution is -0.115. The van der Waals surface area contributed by atoms with Crippen molar-refractivity contribution in [3.8, 4) is 0 Å². The van der Waals surface area contributed by atoms with Crippen molar-refractivity contribution in [2.75, 3.05) is 10.6 Å². The number of carbonyl (C=O) groups excluding carboxylic acids is 1. The highest BCUT2D eigenvalue weighted by Crippen LogP contribution is 2.29. The Hall–Kier alpha value is -2.39. The van der Waals surface area contributed by atoms with Gasteiger partial charge >= 0.3 is 0 Å². The summed E-state index contributed by atoms with van der Waals surface area (Å²) in [6.45, 7) is 3.95. The maximum absolute atomic E-state index is 13.6. The van der Waals surface area contributed by atoms with Crippen molar-refractivity contribution in [1.82, 2.24) is 10.2 Å². The number of aryl methyl sites for hydroxylation is 1. The van der Waals surface area contributed by atoms with E-state index in [1.807, 2.05) is 12.1 Å². The number of aromatic nitrogens is 2. The Balaban J connectivity index is 1.52. The molecule has 0 aliphatic rings. The number of furan rings is 1. The van der Waals surface area contributed by atoms with E-state index >= 15 is 0 Å². The van der Waals surface area contributed by atoms with Gasteiger partial charge in [-0.3, -0.25) is 4.79 Å². The predicted molar refractivity (Wildman–Crippen MR) is 101 cm³/mol. The van der Waals surface area contributed by atoms with Crippen LogP contribution < -0.4 is 10.6 Å². The minimum absolute atomic E-state index is 0.224. The highest BCUT2D eigenvalue weighted by molar-refractivity contribution is 8.02. The molecule has 0 spiro atoms. The molecule has 26 heavy (non-hydrogen) atoms. The van der Waals surface area contributed by atoms with Crippen LogP contribution in [0.5, 0.6) is 0 Å². The van der Waals surface area contributed by atoms with Crippen molar-refractivity contribution < 1.29 is 13.6 Å². The van der Waals surface area contributed by atoms with E-state index in [4.69, 9.17) is 4.42 Å². The molecule has 1 amide bonds. The molecule has 136 valence electrons. The van der Waals surface area contributed by atoms with Crippen LogP contribution in [-0.4, -0.2) is 21.4 Å². The zero-order chi connectivity index (χ0) is 18.5. The average molecular weight is 392 g/mol. The molecule has 3 rings (SSSR count). The van der Waals surface area contributed by atoms with Crippen LogP contribution in [-0.2, 0) is 11.3 Å². The van der Waals surface area contributed by atoms with Gasteiger partial charge in [0.15, 0.2) is 4.34 Å². The number of nitrogens with zero attached hydrogens (tertiary/aromatic N) is 2. The summed E-state index contributed by atoms with van der Waals surface area (Å²) in [7, 11) is 0. The van der Waals surface area contributed by atoms with Crippen molar-refractivity contribution in [3.05, 3.63) is 53.7 Å². The van der Waals surface area contributed by atoms with Crippen molar-refractivity contribution in [1.29, 1.82) is 0 Å². The fourth-order valence-electron chi connectivity index (χ4n) is 2.02. The lowest BCUT2D eigenvalue weighted by Gasteiger charge is -2.10. The average Bonchev–Trinajstić information content (AvgIpc) is 3.28. The monoisotopic (exact) mass is 392 g/mol.